The molecule has 0 radical (unpaired) electrons. The molecule has 0 aliphatic carbocycles. The highest BCUT2D eigenvalue weighted by Crippen LogP contribution is 2.33. The fourth-order valence-electron chi connectivity index (χ4n) is 2.02. The molecule has 0 aliphatic rings. The van der Waals surface area contributed by atoms with Crippen LogP contribution in [0, 0.1) is 13.8 Å². The minimum Gasteiger partial charge on any atom is -0.496 e. The van der Waals surface area contributed by atoms with Gasteiger partial charge in [0.1, 0.15) is 5.75 Å². The first-order valence-electron chi connectivity index (χ1n) is 5.97. The standard InChI is InChI=1S/C14H18N2OS/c1-9-8-11(4-5-13(9)17-3)14-12(6-7-15)16-10(2)18-14/h4-5,8H,6-7,15H2,1-3H3. The van der Waals surface area contributed by atoms with Crippen molar-refractivity contribution in [3.05, 3.63) is 34.5 Å². The Morgan fingerprint density at radius 3 is 2.72 bits per heavy atom. The van der Waals surface area contributed by atoms with Crippen LogP contribution in [-0.2, 0) is 6.42 Å². The maximum Gasteiger partial charge on any atom is 0.121 e. The summed E-state index contributed by atoms with van der Waals surface area (Å²) in [6.45, 7) is 4.72. The topological polar surface area (TPSA) is 48.1 Å². The van der Waals surface area contributed by atoms with E-state index in [2.05, 4.69) is 24.0 Å². The summed E-state index contributed by atoms with van der Waals surface area (Å²) in [7, 11) is 1.69. The monoisotopic (exact) mass is 262 g/mol. The number of aromatic nitrogens is 1. The molecule has 3 nitrogen and oxygen atoms in total. The van der Waals surface area contributed by atoms with Crippen LogP contribution in [0.2, 0.25) is 0 Å². The van der Waals surface area contributed by atoms with Crippen molar-refractivity contribution >= 4 is 11.3 Å². The van der Waals surface area contributed by atoms with Crippen LogP contribution in [0.15, 0.2) is 18.2 Å². The zero-order valence-corrected chi connectivity index (χ0v) is 11.8. The van der Waals surface area contributed by atoms with E-state index in [-0.39, 0.29) is 0 Å². The van der Waals surface area contributed by atoms with Crippen LogP contribution in [0.25, 0.3) is 10.4 Å². The van der Waals surface area contributed by atoms with Gasteiger partial charge in [-0.2, -0.15) is 0 Å². The molecule has 4 heteroatoms. The zero-order chi connectivity index (χ0) is 13.1. The third-order valence-corrected chi connectivity index (χ3v) is 3.90. The zero-order valence-electron chi connectivity index (χ0n) is 11.0. The summed E-state index contributed by atoms with van der Waals surface area (Å²) in [5.74, 6) is 0.917. The molecule has 96 valence electrons. The molecule has 18 heavy (non-hydrogen) atoms. The molecule has 0 spiro atoms. The predicted octanol–water partition coefficient (Wildman–Crippen LogP) is 2.94. The summed E-state index contributed by atoms with van der Waals surface area (Å²) in [6.07, 6.45) is 0.824. The van der Waals surface area contributed by atoms with E-state index in [9.17, 15) is 0 Å². The van der Waals surface area contributed by atoms with Crippen LogP contribution in [0.4, 0.5) is 0 Å². The molecular formula is C14H18N2OS. The van der Waals surface area contributed by atoms with E-state index in [1.165, 1.54) is 10.4 Å². The summed E-state index contributed by atoms with van der Waals surface area (Å²) < 4.78 is 5.29. The molecule has 1 aromatic carbocycles. The first-order valence-corrected chi connectivity index (χ1v) is 6.78. The van der Waals surface area contributed by atoms with Crippen molar-refractivity contribution in [2.24, 2.45) is 5.73 Å². The summed E-state index contributed by atoms with van der Waals surface area (Å²) in [5.41, 5.74) is 9.07. The minimum absolute atomic E-state index is 0.630. The fourth-order valence-corrected chi connectivity index (χ4v) is 2.98. The number of rotatable bonds is 4. The van der Waals surface area contributed by atoms with Crippen LogP contribution < -0.4 is 10.5 Å². The lowest BCUT2D eigenvalue weighted by Crippen LogP contribution is -2.03. The molecular weight excluding hydrogens is 244 g/mol. The number of hydrogen-bond acceptors (Lipinski definition) is 4. The van der Waals surface area contributed by atoms with Gasteiger partial charge < -0.3 is 10.5 Å². The number of nitrogens with zero attached hydrogens (tertiary/aromatic N) is 1. The van der Waals surface area contributed by atoms with Gasteiger partial charge in [-0.15, -0.1) is 11.3 Å². The first-order chi connectivity index (χ1) is 8.65. The second kappa shape index (κ2) is 5.50. The Kier molecular flexibility index (Phi) is 3.99. The maximum absolute atomic E-state index is 5.64. The van der Waals surface area contributed by atoms with E-state index in [0.29, 0.717) is 6.54 Å². The number of aryl methyl sites for hydroxylation is 2. The second-order valence-corrected chi connectivity index (χ2v) is 5.43. The summed E-state index contributed by atoms with van der Waals surface area (Å²) in [5, 5.41) is 1.09. The molecule has 2 N–H and O–H groups in total. The van der Waals surface area contributed by atoms with Crippen molar-refractivity contribution in [1.82, 2.24) is 4.98 Å². The average Bonchev–Trinajstić information content (AvgIpc) is 2.71. The Morgan fingerprint density at radius 1 is 1.33 bits per heavy atom. The van der Waals surface area contributed by atoms with Crippen LogP contribution in [0.5, 0.6) is 5.75 Å². The Balaban J connectivity index is 2.44. The number of methoxy groups -OCH3 is 1. The van der Waals surface area contributed by atoms with E-state index in [1.807, 2.05) is 13.0 Å². The number of benzene rings is 1. The highest BCUT2D eigenvalue weighted by Gasteiger charge is 2.11. The van der Waals surface area contributed by atoms with Gasteiger partial charge in [-0.25, -0.2) is 4.98 Å². The van der Waals surface area contributed by atoms with Gasteiger partial charge in [-0.05, 0) is 49.7 Å². The maximum atomic E-state index is 5.64. The van der Waals surface area contributed by atoms with E-state index < -0.39 is 0 Å². The number of thiazole rings is 1. The lowest BCUT2D eigenvalue weighted by atomic mass is 10.1. The van der Waals surface area contributed by atoms with Crippen molar-refractivity contribution in [2.45, 2.75) is 20.3 Å². The van der Waals surface area contributed by atoms with E-state index in [0.717, 1.165) is 28.4 Å². The lowest BCUT2D eigenvalue weighted by Gasteiger charge is -2.07. The smallest absolute Gasteiger partial charge is 0.121 e. The van der Waals surface area contributed by atoms with Gasteiger partial charge in [0.15, 0.2) is 0 Å². The van der Waals surface area contributed by atoms with Crippen molar-refractivity contribution < 1.29 is 4.74 Å². The van der Waals surface area contributed by atoms with Gasteiger partial charge in [-0.1, -0.05) is 0 Å². The molecule has 0 atom stereocenters. The van der Waals surface area contributed by atoms with Gasteiger partial charge in [0.25, 0.3) is 0 Å². The highest BCUT2D eigenvalue weighted by atomic mass is 32.1. The summed E-state index contributed by atoms with van der Waals surface area (Å²) in [4.78, 5) is 5.78. The third-order valence-electron chi connectivity index (χ3n) is 2.84. The molecule has 0 amide bonds. The molecule has 1 aromatic heterocycles. The molecule has 0 saturated heterocycles. The van der Waals surface area contributed by atoms with Gasteiger partial charge in [0, 0.05) is 6.42 Å². The quantitative estimate of drug-likeness (QED) is 0.921. The summed E-state index contributed by atoms with van der Waals surface area (Å²) in [6, 6.07) is 6.23. The largest absolute Gasteiger partial charge is 0.496 e. The molecule has 1 heterocycles. The molecule has 0 bridgehead atoms. The van der Waals surface area contributed by atoms with E-state index in [1.54, 1.807) is 18.4 Å². The second-order valence-electron chi connectivity index (χ2n) is 4.23. The first kappa shape index (κ1) is 13.1. The lowest BCUT2D eigenvalue weighted by molar-refractivity contribution is 0.412. The van der Waals surface area contributed by atoms with Crippen LogP contribution >= 0.6 is 11.3 Å². The Labute approximate surface area is 112 Å². The number of nitrogens with two attached hydrogens (primary N) is 1. The van der Waals surface area contributed by atoms with Crippen molar-refractivity contribution in [3.8, 4) is 16.2 Å². The molecule has 0 aliphatic heterocycles. The normalized spacial score (nSPS) is 10.7. The molecule has 2 aromatic rings. The van der Waals surface area contributed by atoms with Gasteiger partial charge >= 0.3 is 0 Å². The summed E-state index contributed by atoms with van der Waals surface area (Å²) >= 11 is 1.72. The Bertz CT molecular complexity index is 549. The average molecular weight is 262 g/mol. The molecule has 0 unspecified atom stereocenters. The van der Waals surface area contributed by atoms with Crippen molar-refractivity contribution in [1.29, 1.82) is 0 Å². The van der Waals surface area contributed by atoms with E-state index >= 15 is 0 Å². The van der Waals surface area contributed by atoms with Crippen molar-refractivity contribution in [3.63, 3.8) is 0 Å². The Hall–Kier alpha value is -1.39. The van der Waals surface area contributed by atoms with Gasteiger partial charge in [0.05, 0.1) is 22.7 Å². The highest BCUT2D eigenvalue weighted by molar-refractivity contribution is 7.15. The van der Waals surface area contributed by atoms with Crippen molar-refractivity contribution in [2.75, 3.05) is 13.7 Å². The number of ether oxygens (including phenoxy) is 1. The van der Waals surface area contributed by atoms with Crippen LogP contribution in [0.1, 0.15) is 16.3 Å². The molecule has 2 rings (SSSR count). The van der Waals surface area contributed by atoms with Gasteiger partial charge in [0.2, 0.25) is 0 Å². The molecule has 0 fully saturated rings. The third kappa shape index (κ3) is 2.54. The Morgan fingerprint density at radius 2 is 2.11 bits per heavy atom. The van der Waals surface area contributed by atoms with Crippen LogP contribution in [-0.4, -0.2) is 18.6 Å². The number of hydrogen-bond donors (Lipinski definition) is 1. The van der Waals surface area contributed by atoms with E-state index in [4.69, 9.17) is 10.5 Å². The predicted molar refractivity (Wildman–Crippen MR) is 76.3 cm³/mol. The minimum atomic E-state index is 0.630. The fraction of sp³-hybridized carbons (Fsp3) is 0.357. The van der Waals surface area contributed by atoms with Gasteiger partial charge in [-0.3, -0.25) is 0 Å². The molecule has 0 saturated carbocycles. The SMILES string of the molecule is COc1ccc(-c2sc(C)nc2CCN)cc1C. The van der Waals surface area contributed by atoms with Crippen LogP contribution in [0.3, 0.4) is 0 Å².